The molecule has 0 saturated carbocycles. The van der Waals surface area contributed by atoms with Crippen LogP contribution in [0, 0.1) is 0 Å². The monoisotopic (exact) mass is 286 g/mol. The fraction of sp³-hybridized carbons (Fsp3) is 0.611. The first-order valence-corrected chi connectivity index (χ1v) is 8.34. The predicted octanol–water partition coefficient (Wildman–Crippen LogP) is 3.01. The number of nitrogens with zero attached hydrogens (tertiary/aromatic N) is 2. The lowest BCUT2D eigenvalue weighted by molar-refractivity contribution is -0.133. The second kappa shape index (κ2) is 6.18. The van der Waals surface area contributed by atoms with Gasteiger partial charge in [-0.3, -0.25) is 9.69 Å². The number of amides is 1. The van der Waals surface area contributed by atoms with Gasteiger partial charge < -0.3 is 4.90 Å². The van der Waals surface area contributed by atoms with Gasteiger partial charge in [-0.05, 0) is 44.3 Å². The van der Waals surface area contributed by atoms with Crippen LogP contribution in [0.1, 0.15) is 44.6 Å². The van der Waals surface area contributed by atoms with Crippen LogP contribution in [0.3, 0.4) is 0 Å². The maximum Gasteiger partial charge on any atom is 0.222 e. The van der Waals surface area contributed by atoms with Crippen molar-refractivity contribution in [2.75, 3.05) is 26.2 Å². The van der Waals surface area contributed by atoms with Gasteiger partial charge in [0.2, 0.25) is 5.91 Å². The second-order valence-corrected chi connectivity index (χ2v) is 6.33. The van der Waals surface area contributed by atoms with Gasteiger partial charge in [-0.25, -0.2) is 0 Å². The number of piperidine rings is 1. The molecule has 1 amide bonds. The Hall–Kier alpha value is -1.35. The molecule has 2 aliphatic rings. The van der Waals surface area contributed by atoms with Gasteiger partial charge in [-0.1, -0.05) is 37.3 Å². The van der Waals surface area contributed by atoms with Crippen LogP contribution >= 0.6 is 0 Å². The van der Waals surface area contributed by atoms with Crippen molar-refractivity contribution in [2.45, 2.75) is 44.6 Å². The summed E-state index contributed by atoms with van der Waals surface area (Å²) in [5.74, 6) is 0.304. The first-order valence-electron chi connectivity index (χ1n) is 8.34. The molecule has 1 aromatic rings. The molecule has 0 N–H and O–H groups in total. The summed E-state index contributed by atoms with van der Waals surface area (Å²) in [5, 5.41) is 0. The van der Waals surface area contributed by atoms with E-state index in [1.54, 1.807) is 0 Å². The first kappa shape index (κ1) is 14.6. The van der Waals surface area contributed by atoms with E-state index in [-0.39, 0.29) is 5.54 Å². The standard InChI is InChI=1S/C18H26N2O/c1-2-17(21)19-14-10-18(11-15-19,20-12-6-7-13-20)16-8-4-3-5-9-16/h3-5,8-9H,2,6-7,10-15H2,1H3. The summed E-state index contributed by atoms with van der Waals surface area (Å²) in [6.07, 6.45) is 5.39. The summed E-state index contributed by atoms with van der Waals surface area (Å²) < 4.78 is 0. The molecular formula is C18H26N2O. The number of rotatable bonds is 3. The zero-order valence-electron chi connectivity index (χ0n) is 13.1. The van der Waals surface area contributed by atoms with E-state index in [0.717, 1.165) is 25.9 Å². The van der Waals surface area contributed by atoms with Crippen molar-refractivity contribution in [1.82, 2.24) is 9.80 Å². The largest absolute Gasteiger partial charge is 0.343 e. The number of benzene rings is 1. The van der Waals surface area contributed by atoms with Crippen molar-refractivity contribution >= 4 is 5.91 Å². The topological polar surface area (TPSA) is 23.6 Å². The Morgan fingerprint density at radius 3 is 2.24 bits per heavy atom. The average molecular weight is 286 g/mol. The van der Waals surface area contributed by atoms with E-state index in [1.807, 2.05) is 6.92 Å². The summed E-state index contributed by atoms with van der Waals surface area (Å²) in [5.41, 5.74) is 1.60. The molecule has 3 rings (SSSR count). The van der Waals surface area contributed by atoms with E-state index < -0.39 is 0 Å². The Morgan fingerprint density at radius 2 is 1.67 bits per heavy atom. The average Bonchev–Trinajstić information content (AvgIpc) is 3.10. The molecule has 0 unspecified atom stereocenters. The van der Waals surface area contributed by atoms with Crippen molar-refractivity contribution < 1.29 is 4.79 Å². The van der Waals surface area contributed by atoms with Crippen molar-refractivity contribution in [3.63, 3.8) is 0 Å². The molecule has 1 aromatic carbocycles. The van der Waals surface area contributed by atoms with Gasteiger partial charge in [0, 0.05) is 25.0 Å². The summed E-state index contributed by atoms with van der Waals surface area (Å²) >= 11 is 0. The van der Waals surface area contributed by atoms with Crippen LogP contribution in [0.4, 0.5) is 0 Å². The van der Waals surface area contributed by atoms with Gasteiger partial charge in [-0.2, -0.15) is 0 Å². The van der Waals surface area contributed by atoms with Crippen LogP contribution in [0.15, 0.2) is 30.3 Å². The quantitative estimate of drug-likeness (QED) is 0.853. The van der Waals surface area contributed by atoms with E-state index >= 15 is 0 Å². The molecule has 0 spiro atoms. The van der Waals surface area contributed by atoms with Crippen molar-refractivity contribution in [3.05, 3.63) is 35.9 Å². The van der Waals surface area contributed by atoms with Crippen LogP contribution < -0.4 is 0 Å². The summed E-state index contributed by atoms with van der Waals surface area (Å²) in [7, 11) is 0. The van der Waals surface area contributed by atoms with E-state index in [2.05, 4.69) is 40.1 Å². The minimum atomic E-state index is 0.155. The lowest BCUT2D eigenvalue weighted by Crippen LogP contribution is -2.53. The van der Waals surface area contributed by atoms with Crippen LogP contribution in [-0.2, 0) is 10.3 Å². The molecule has 3 heteroatoms. The predicted molar refractivity (Wildman–Crippen MR) is 85.0 cm³/mol. The van der Waals surface area contributed by atoms with Gasteiger partial charge >= 0.3 is 0 Å². The molecule has 2 saturated heterocycles. The summed E-state index contributed by atoms with van der Waals surface area (Å²) in [6, 6.07) is 10.9. The molecule has 0 aliphatic carbocycles. The Labute approximate surface area is 127 Å². The Bertz CT molecular complexity index is 471. The van der Waals surface area contributed by atoms with Gasteiger partial charge in [0.1, 0.15) is 0 Å². The number of hydrogen-bond acceptors (Lipinski definition) is 2. The highest BCUT2D eigenvalue weighted by Gasteiger charge is 2.42. The highest BCUT2D eigenvalue weighted by atomic mass is 16.2. The van der Waals surface area contributed by atoms with Crippen LogP contribution in [-0.4, -0.2) is 41.9 Å². The van der Waals surface area contributed by atoms with E-state index in [4.69, 9.17) is 0 Å². The van der Waals surface area contributed by atoms with Gasteiger partial charge in [-0.15, -0.1) is 0 Å². The Kier molecular flexibility index (Phi) is 4.29. The molecule has 2 heterocycles. The number of hydrogen-bond donors (Lipinski definition) is 0. The zero-order chi connectivity index (χ0) is 14.7. The molecule has 0 radical (unpaired) electrons. The first-order chi connectivity index (χ1) is 10.3. The molecule has 3 nitrogen and oxygen atoms in total. The summed E-state index contributed by atoms with van der Waals surface area (Å²) in [6.45, 7) is 6.17. The highest BCUT2D eigenvalue weighted by molar-refractivity contribution is 5.75. The third-order valence-electron chi connectivity index (χ3n) is 5.27. The molecule has 21 heavy (non-hydrogen) atoms. The van der Waals surface area contributed by atoms with Crippen LogP contribution in [0.5, 0.6) is 0 Å². The minimum Gasteiger partial charge on any atom is -0.343 e. The molecule has 2 aliphatic heterocycles. The van der Waals surface area contributed by atoms with E-state index in [9.17, 15) is 4.79 Å². The van der Waals surface area contributed by atoms with Crippen molar-refractivity contribution in [3.8, 4) is 0 Å². The summed E-state index contributed by atoms with van der Waals surface area (Å²) in [4.78, 5) is 16.7. The molecule has 0 aromatic heterocycles. The maximum atomic E-state index is 11.9. The maximum absolute atomic E-state index is 11.9. The number of carbonyl (C=O) groups is 1. The van der Waals surface area contributed by atoms with Gasteiger partial charge in [0.25, 0.3) is 0 Å². The van der Waals surface area contributed by atoms with Crippen molar-refractivity contribution in [2.24, 2.45) is 0 Å². The third kappa shape index (κ3) is 2.71. The Morgan fingerprint density at radius 1 is 1.05 bits per heavy atom. The molecule has 2 fully saturated rings. The number of likely N-dealkylation sites (tertiary alicyclic amines) is 2. The van der Waals surface area contributed by atoms with E-state index in [0.29, 0.717) is 12.3 Å². The second-order valence-electron chi connectivity index (χ2n) is 6.33. The highest BCUT2D eigenvalue weighted by Crippen LogP contribution is 2.40. The molecule has 114 valence electrons. The zero-order valence-corrected chi connectivity index (χ0v) is 13.1. The van der Waals surface area contributed by atoms with Crippen molar-refractivity contribution in [1.29, 1.82) is 0 Å². The number of carbonyl (C=O) groups excluding carboxylic acids is 1. The lowest BCUT2D eigenvalue weighted by atomic mass is 9.79. The Balaban J connectivity index is 1.84. The normalized spacial score (nSPS) is 22.4. The van der Waals surface area contributed by atoms with Gasteiger partial charge in [0.05, 0.1) is 0 Å². The van der Waals surface area contributed by atoms with Crippen LogP contribution in [0.2, 0.25) is 0 Å². The third-order valence-corrected chi connectivity index (χ3v) is 5.27. The molecule has 0 bridgehead atoms. The smallest absolute Gasteiger partial charge is 0.222 e. The van der Waals surface area contributed by atoms with Gasteiger partial charge in [0.15, 0.2) is 0 Å². The fourth-order valence-corrected chi connectivity index (χ4v) is 4.03. The molecular weight excluding hydrogens is 260 g/mol. The molecule has 0 atom stereocenters. The van der Waals surface area contributed by atoms with E-state index in [1.165, 1.54) is 31.5 Å². The fourth-order valence-electron chi connectivity index (χ4n) is 4.03. The lowest BCUT2D eigenvalue weighted by Gasteiger charge is -2.48. The minimum absolute atomic E-state index is 0.155. The van der Waals surface area contributed by atoms with Crippen LogP contribution in [0.25, 0.3) is 0 Å². The SMILES string of the molecule is CCC(=O)N1CCC(c2ccccc2)(N2CCCC2)CC1.